The lowest BCUT2D eigenvalue weighted by Gasteiger charge is -2.32. The molecule has 90 valence electrons. The molecule has 2 heterocycles. The Labute approximate surface area is 95.1 Å². The second kappa shape index (κ2) is 4.48. The quantitative estimate of drug-likeness (QED) is 0.546. The smallest absolute Gasteiger partial charge is 0.138 e. The standard InChI is InChI=1S/C10H19N5O/c1-10(4-3-5-16-10)8(14-11)6-9-12-7-13-15(9)2/h7-8,14H,3-6,11H2,1-2H3. The minimum absolute atomic E-state index is 0.0675. The summed E-state index contributed by atoms with van der Waals surface area (Å²) >= 11 is 0. The first-order chi connectivity index (χ1) is 7.65. The molecular formula is C10H19N5O. The van der Waals surface area contributed by atoms with E-state index in [0.29, 0.717) is 0 Å². The molecule has 2 atom stereocenters. The number of hydrogen-bond acceptors (Lipinski definition) is 5. The van der Waals surface area contributed by atoms with Gasteiger partial charge in [0.1, 0.15) is 12.2 Å². The van der Waals surface area contributed by atoms with Gasteiger partial charge >= 0.3 is 0 Å². The van der Waals surface area contributed by atoms with Crippen molar-refractivity contribution in [2.45, 2.75) is 37.8 Å². The summed E-state index contributed by atoms with van der Waals surface area (Å²) in [6.45, 7) is 2.91. The molecule has 1 aromatic heterocycles. The van der Waals surface area contributed by atoms with E-state index in [1.54, 1.807) is 11.0 Å². The summed E-state index contributed by atoms with van der Waals surface area (Å²) in [7, 11) is 1.88. The van der Waals surface area contributed by atoms with Crippen LogP contribution in [0.2, 0.25) is 0 Å². The van der Waals surface area contributed by atoms with E-state index in [2.05, 4.69) is 22.4 Å². The fourth-order valence-electron chi connectivity index (χ4n) is 2.21. The van der Waals surface area contributed by atoms with Crippen molar-refractivity contribution in [3.05, 3.63) is 12.2 Å². The molecule has 1 aromatic rings. The van der Waals surface area contributed by atoms with Crippen molar-refractivity contribution in [3.8, 4) is 0 Å². The van der Waals surface area contributed by atoms with Crippen molar-refractivity contribution in [1.29, 1.82) is 0 Å². The number of aromatic nitrogens is 3. The molecule has 0 radical (unpaired) electrons. The van der Waals surface area contributed by atoms with Crippen LogP contribution in [-0.2, 0) is 18.2 Å². The Morgan fingerprint density at radius 3 is 3.06 bits per heavy atom. The summed E-state index contributed by atoms with van der Waals surface area (Å²) in [6, 6.07) is 0.0675. The summed E-state index contributed by atoms with van der Waals surface area (Å²) in [5, 5.41) is 4.05. The summed E-state index contributed by atoms with van der Waals surface area (Å²) < 4.78 is 7.55. The number of hydrazine groups is 1. The monoisotopic (exact) mass is 225 g/mol. The highest BCUT2D eigenvalue weighted by molar-refractivity contribution is 4.98. The fourth-order valence-corrected chi connectivity index (χ4v) is 2.21. The average molecular weight is 225 g/mol. The first kappa shape index (κ1) is 11.5. The van der Waals surface area contributed by atoms with Gasteiger partial charge in [-0.15, -0.1) is 0 Å². The molecular weight excluding hydrogens is 206 g/mol. The maximum absolute atomic E-state index is 5.78. The topological polar surface area (TPSA) is 78.0 Å². The van der Waals surface area contributed by atoms with Crippen LogP contribution < -0.4 is 11.3 Å². The van der Waals surface area contributed by atoms with E-state index in [-0.39, 0.29) is 11.6 Å². The van der Waals surface area contributed by atoms with Gasteiger partial charge in [-0.25, -0.2) is 4.98 Å². The number of aryl methyl sites for hydroxylation is 1. The third-order valence-corrected chi connectivity index (χ3v) is 3.38. The normalized spacial score (nSPS) is 27.2. The molecule has 1 saturated heterocycles. The van der Waals surface area contributed by atoms with Crippen LogP contribution in [0.3, 0.4) is 0 Å². The molecule has 0 amide bonds. The number of nitrogens with one attached hydrogen (secondary N) is 1. The minimum Gasteiger partial charge on any atom is -0.374 e. The van der Waals surface area contributed by atoms with Crippen LogP contribution in [0, 0.1) is 0 Å². The average Bonchev–Trinajstić information content (AvgIpc) is 2.85. The fraction of sp³-hybridized carbons (Fsp3) is 0.800. The van der Waals surface area contributed by atoms with E-state index in [9.17, 15) is 0 Å². The molecule has 1 aliphatic heterocycles. The molecule has 0 aliphatic carbocycles. The molecule has 1 aliphatic rings. The lowest BCUT2D eigenvalue weighted by Crippen LogP contribution is -2.52. The van der Waals surface area contributed by atoms with Gasteiger partial charge in [0.25, 0.3) is 0 Å². The van der Waals surface area contributed by atoms with Gasteiger partial charge in [-0.05, 0) is 19.8 Å². The summed E-state index contributed by atoms with van der Waals surface area (Å²) in [4.78, 5) is 4.21. The SMILES string of the molecule is Cn1ncnc1CC(NN)C1(C)CCCO1. The van der Waals surface area contributed by atoms with E-state index < -0.39 is 0 Å². The van der Waals surface area contributed by atoms with Crippen molar-refractivity contribution >= 4 is 0 Å². The van der Waals surface area contributed by atoms with Crippen LogP contribution in [0.5, 0.6) is 0 Å². The Kier molecular flexibility index (Phi) is 3.22. The highest BCUT2D eigenvalue weighted by Crippen LogP contribution is 2.29. The lowest BCUT2D eigenvalue weighted by molar-refractivity contribution is -0.0122. The number of hydrogen-bond donors (Lipinski definition) is 2. The molecule has 0 aromatic carbocycles. The second-order valence-electron chi connectivity index (χ2n) is 4.49. The maximum atomic E-state index is 5.78. The van der Waals surface area contributed by atoms with Crippen molar-refractivity contribution in [2.75, 3.05) is 6.61 Å². The molecule has 0 saturated carbocycles. The Bertz CT molecular complexity index is 345. The van der Waals surface area contributed by atoms with Crippen LogP contribution in [0.4, 0.5) is 0 Å². The van der Waals surface area contributed by atoms with Crippen molar-refractivity contribution in [2.24, 2.45) is 12.9 Å². The van der Waals surface area contributed by atoms with E-state index in [1.807, 2.05) is 7.05 Å². The Morgan fingerprint density at radius 2 is 2.56 bits per heavy atom. The molecule has 3 N–H and O–H groups in total. The molecule has 2 rings (SSSR count). The van der Waals surface area contributed by atoms with Gasteiger partial charge in [-0.2, -0.15) is 5.10 Å². The molecule has 16 heavy (non-hydrogen) atoms. The second-order valence-corrected chi connectivity index (χ2v) is 4.49. The third kappa shape index (κ3) is 2.09. The number of ether oxygens (including phenoxy) is 1. The van der Waals surface area contributed by atoms with Gasteiger partial charge in [-0.1, -0.05) is 0 Å². The molecule has 6 nitrogen and oxygen atoms in total. The van der Waals surface area contributed by atoms with Crippen LogP contribution >= 0.6 is 0 Å². The van der Waals surface area contributed by atoms with Crippen LogP contribution in [0.25, 0.3) is 0 Å². The lowest BCUT2D eigenvalue weighted by atomic mass is 9.91. The first-order valence-electron chi connectivity index (χ1n) is 5.59. The van der Waals surface area contributed by atoms with Gasteiger partial charge < -0.3 is 4.74 Å². The largest absolute Gasteiger partial charge is 0.374 e. The van der Waals surface area contributed by atoms with E-state index in [4.69, 9.17) is 10.6 Å². The zero-order valence-corrected chi connectivity index (χ0v) is 9.81. The van der Waals surface area contributed by atoms with Gasteiger partial charge in [0.2, 0.25) is 0 Å². The van der Waals surface area contributed by atoms with E-state index in [1.165, 1.54) is 0 Å². The van der Waals surface area contributed by atoms with Crippen LogP contribution in [0.1, 0.15) is 25.6 Å². The zero-order chi connectivity index (χ0) is 11.6. The highest BCUT2D eigenvalue weighted by atomic mass is 16.5. The first-order valence-corrected chi connectivity index (χ1v) is 5.59. The molecule has 1 fully saturated rings. The predicted octanol–water partition coefficient (Wildman–Crippen LogP) is -0.241. The number of nitrogens with zero attached hydrogens (tertiary/aromatic N) is 3. The molecule has 0 spiro atoms. The predicted molar refractivity (Wildman–Crippen MR) is 59.4 cm³/mol. The zero-order valence-electron chi connectivity index (χ0n) is 9.81. The molecule has 6 heteroatoms. The highest BCUT2D eigenvalue weighted by Gasteiger charge is 2.38. The van der Waals surface area contributed by atoms with E-state index >= 15 is 0 Å². The van der Waals surface area contributed by atoms with Gasteiger partial charge in [0.15, 0.2) is 0 Å². The number of nitrogens with two attached hydrogens (primary N) is 1. The molecule has 2 unspecified atom stereocenters. The summed E-state index contributed by atoms with van der Waals surface area (Å²) in [5.41, 5.74) is 2.65. The third-order valence-electron chi connectivity index (χ3n) is 3.38. The Balaban J connectivity index is 2.08. The number of rotatable bonds is 4. The van der Waals surface area contributed by atoms with Crippen molar-refractivity contribution < 1.29 is 4.74 Å². The van der Waals surface area contributed by atoms with Gasteiger partial charge in [0, 0.05) is 20.1 Å². The summed E-state index contributed by atoms with van der Waals surface area (Å²) in [5.74, 6) is 6.53. The van der Waals surface area contributed by atoms with Crippen LogP contribution in [0.15, 0.2) is 6.33 Å². The van der Waals surface area contributed by atoms with Crippen molar-refractivity contribution in [3.63, 3.8) is 0 Å². The Morgan fingerprint density at radius 1 is 1.75 bits per heavy atom. The summed E-state index contributed by atoms with van der Waals surface area (Å²) in [6.07, 6.45) is 4.40. The molecule has 0 bridgehead atoms. The van der Waals surface area contributed by atoms with Gasteiger partial charge in [-0.3, -0.25) is 16.0 Å². The Hall–Kier alpha value is -0.980. The maximum Gasteiger partial charge on any atom is 0.138 e. The van der Waals surface area contributed by atoms with Crippen LogP contribution in [-0.4, -0.2) is 33.0 Å². The van der Waals surface area contributed by atoms with E-state index in [0.717, 1.165) is 31.7 Å². The van der Waals surface area contributed by atoms with Gasteiger partial charge in [0.05, 0.1) is 11.6 Å². The van der Waals surface area contributed by atoms with Crippen molar-refractivity contribution in [1.82, 2.24) is 20.2 Å². The minimum atomic E-state index is -0.194.